The summed E-state index contributed by atoms with van der Waals surface area (Å²) in [6.45, 7) is 13.7. The van der Waals surface area contributed by atoms with Crippen LogP contribution in [0.15, 0.2) is 35.9 Å². The van der Waals surface area contributed by atoms with E-state index in [0.717, 1.165) is 18.1 Å². The van der Waals surface area contributed by atoms with Crippen LogP contribution in [0.25, 0.3) is 17.2 Å². The minimum absolute atomic E-state index is 0.0245. The van der Waals surface area contributed by atoms with Gasteiger partial charge in [0.15, 0.2) is 0 Å². The lowest BCUT2D eigenvalue weighted by Crippen LogP contribution is -2.19. The number of methoxy groups -OCH3 is 1. The van der Waals surface area contributed by atoms with Crippen molar-refractivity contribution < 1.29 is 4.74 Å². The van der Waals surface area contributed by atoms with Gasteiger partial charge in [-0.3, -0.25) is 0 Å². The first kappa shape index (κ1) is 19.3. The van der Waals surface area contributed by atoms with Crippen LogP contribution in [0.5, 0.6) is 5.75 Å². The quantitative estimate of drug-likeness (QED) is 0.547. The van der Waals surface area contributed by atoms with Gasteiger partial charge in [0.2, 0.25) is 0 Å². The molecule has 0 saturated heterocycles. The lowest BCUT2D eigenvalue weighted by Gasteiger charge is -2.30. The zero-order valence-electron chi connectivity index (χ0n) is 18.6. The molecular formula is C27H34O. The summed E-state index contributed by atoms with van der Waals surface area (Å²) < 4.78 is 5.96. The maximum Gasteiger partial charge on any atom is 0.126 e. The lowest BCUT2D eigenvalue weighted by molar-refractivity contribution is 0.381. The summed E-state index contributed by atoms with van der Waals surface area (Å²) in [7, 11) is 1.81. The molecule has 1 nitrogen and oxygen atoms in total. The molecule has 2 aliphatic rings. The predicted octanol–water partition coefficient (Wildman–Crippen LogP) is 7.31. The number of hydrogen-bond acceptors (Lipinski definition) is 1. The molecule has 1 saturated carbocycles. The van der Waals surface area contributed by atoms with E-state index in [1.54, 1.807) is 5.57 Å². The Hall–Kier alpha value is -2.02. The topological polar surface area (TPSA) is 9.23 Å². The normalized spacial score (nSPS) is 16.8. The van der Waals surface area contributed by atoms with Gasteiger partial charge in [-0.05, 0) is 70.4 Å². The van der Waals surface area contributed by atoms with Crippen LogP contribution in [0.3, 0.4) is 0 Å². The summed E-state index contributed by atoms with van der Waals surface area (Å²) in [6, 6.07) is 11.6. The van der Waals surface area contributed by atoms with Crippen molar-refractivity contribution >= 4 is 6.08 Å². The Balaban J connectivity index is 1.90. The molecule has 0 atom stereocenters. The summed E-state index contributed by atoms with van der Waals surface area (Å²) in [6.07, 6.45) is 6.33. The third kappa shape index (κ3) is 3.41. The summed E-state index contributed by atoms with van der Waals surface area (Å²) in [5, 5.41) is 0. The van der Waals surface area contributed by atoms with Gasteiger partial charge in [-0.2, -0.15) is 0 Å². The zero-order valence-corrected chi connectivity index (χ0v) is 18.6. The number of rotatable bonds is 3. The molecule has 0 bridgehead atoms. The van der Waals surface area contributed by atoms with Crippen LogP contribution in [0, 0.1) is 5.92 Å². The van der Waals surface area contributed by atoms with Crippen molar-refractivity contribution in [2.75, 3.05) is 7.11 Å². The third-order valence-corrected chi connectivity index (χ3v) is 6.26. The molecule has 148 valence electrons. The lowest BCUT2D eigenvalue weighted by atomic mass is 9.77. The van der Waals surface area contributed by atoms with Gasteiger partial charge in [0.1, 0.15) is 5.75 Å². The Kier molecular flexibility index (Phi) is 4.49. The second kappa shape index (κ2) is 6.51. The molecule has 0 amide bonds. The van der Waals surface area contributed by atoms with Gasteiger partial charge >= 0.3 is 0 Å². The van der Waals surface area contributed by atoms with Crippen molar-refractivity contribution in [3.8, 4) is 16.9 Å². The Bertz CT molecular complexity index is 908. The first-order valence-electron chi connectivity index (χ1n) is 10.7. The summed E-state index contributed by atoms with van der Waals surface area (Å²) in [5.41, 5.74) is 9.93. The van der Waals surface area contributed by atoms with E-state index in [-0.39, 0.29) is 10.8 Å². The minimum Gasteiger partial charge on any atom is -0.496 e. The highest BCUT2D eigenvalue weighted by Gasteiger charge is 2.31. The fourth-order valence-electron chi connectivity index (χ4n) is 4.50. The smallest absolute Gasteiger partial charge is 0.126 e. The zero-order chi connectivity index (χ0) is 20.3. The molecule has 0 heterocycles. The average Bonchev–Trinajstić information content (AvgIpc) is 3.37. The molecule has 0 spiro atoms. The third-order valence-electron chi connectivity index (χ3n) is 6.26. The van der Waals surface area contributed by atoms with Crippen molar-refractivity contribution in [3.63, 3.8) is 0 Å². The van der Waals surface area contributed by atoms with Crippen LogP contribution >= 0.6 is 0 Å². The minimum atomic E-state index is 0.0245. The molecular weight excluding hydrogens is 340 g/mol. The van der Waals surface area contributed by atoms with Gasteiger partial charge in [-0.15, -0.1) is 0 Å². The highest BCUT2D eigenvalue weighted by Crippen LogP contribution is 2.47. The van der Waals surface area contributed by atoms with Gasteiger partial charge in [0.05, 0.1) is 7.11 Å². The Labute approximate surface area is 170 Å². The average molecular weight is 375 g/mol. The van der Waals surface area contributed by atoms with Crippen LogP contribution in [-0.2, 0) is 17.3 Å². The molecule has 0 aliphatic heterocycles. The Morgan fingerprint density at radius 3 is 2.00 bits per heavy atom. The van der Waals surface area contributed by atoms with E-state index < -0.39 is 0 Å². The molecule has 4 rings (SSSR count). The van der Waals surface area contributed by atoms with E-state index in [4.69, 9.17) is 4.74 Å². The number of allylic oxidation sites excluding steroid dienone is 1. The van der Waals surface area contributed by atoms with E-state index in [1.807, 2.05) is 7.11 Å². The SMILES string of the molecule is COc1c(C(C)(C)C)cc(-c2cccc3c2CC(C2CC2)=C3)cc1C(C)(C)C. The monoisotopic (exact) mass is 374 g/mol. The van der Waals surface area contributed by atoms with Gasteiger partial charge in [-0.25, -0.2) is 0 Å². The fraction of sp³-hybridized carbons (Fsp3) is 0.481. The maximum absolute atomic E-state index is 5.96. The Morgan fingerprint density at radius 1 is 0.893 bits per heavy atom. The second-order valence-electron chi connectivity index (χ2n) is 10.6. The van der Waals surface area contributed by atoms with E-state index in [1.165, 1.54) is 46.2 Å². The Morgan fingerprint density at radius 2 is 1.50 bits per heavy atom. The van der Waals surface area contributed by atoms with Gasteiger partial charge < -0.3 is 4.74 Å². The summed E-state index contributed by atoms with van der Waals surface area (Å²) in [5.74, 6) is 1.89. The number of benzene rings is 2. The molecule has 0 unspecified atom stereocenters. The molecule has 2 aliphatic carbocycles. The predicted molar refractivity (Wildman–Crippen MR) is 120 cm³/mol. The summed E-state index contributed by atoms with van der Waals surface area (Å²) in [4.78, 5) is 0. The molecule has 1 heteroatoms. The number of fused-ring (bicyclic) bond motifs is 1. The fourth-order valence-corrected chi connectivity index (χ4v) is 4.50. The largest absolute Gasteiger partial charge is 0.496 e. The first-order valence-corrected chi connectivity index (χ1v) is 10.7. The first-order chi connectivity index (χ1) is 13.1. The molecule has 28 heavy (non-hydrogen) atoms. The van der Waals surface area contributed by atoms with Gasteiger partial charge in [-0.1, -0.05) is 71.4 Å². The van der Waals surface area contributed by atoms with E-state index in [0.29, 0.717) is 0 Å². The standard InChI is InChI=1S/C27H34O/c1-26(2,3)23-15-20(16-24(25(23)28-7)27(4,5)6)21-10-8-9-18-13-19(14-22(18)21)17-11-12-17/h8-10,13,15-17H,11-12,14H2,1-7H3. The van der Waals surface area contributed by atoms with Crippen molar-refractivity contribution in [1.82, 2.24) is 0 Å². The van der Waals surface area contributed by atoms with E-state index in [9.17, 15) is 0 Å². The maximum atomic E-state index is 5.96. The summed E-state index contributed by atoms with van der Waals surface area (Å²) >= 11 is 0. The highest BCUT2D eigenvalue weighted by molar-refractivity contribution is 5.79. The van der Waals surface area contributed by atoms with Crippen molar-refractivity contribution in [2.45, 2.75) is 71.6 Å². The molecule has 1 fully saturated rings. The van der Waals surface area contributed by atoms with Crippen LogP contribution < -0.4 is 4.74 Å². The van der Waals surface area contributed by atoms with Crippen molar-refractivity contribution in [1.29, 1.82) is 0 Å². The van der Waals surface area contributed by atoms with E-state index >= 15 is 0 Å². The van der Waals surface area contributed by atoms with Gasteiger partial charge in [0, 0.05) is 11.1 Å². The van der Waals surface area contributed by atoms with Gasteiger partial charge in [0.25, 0.3) is 0 Å². The van der Waals surface area contributed by atoms with Crippen LogP contribution in [0.4, 0.5) is 0 Å². The highest BCUT2D eigenvalue weighted by atomic mass is 16.5. The molecule has 0 aromatic heterocycles. The van der Waals surface area contributed by atoms with E-state index in [2.05, 4.69) is 78.0 Å². The van der Waals surface area contributed by atoms with Crippen LogP contribution in [0.2, 0.25) is 0 Å². The van der Waals surface area contributed by atoms with Crippen molar-refractivity contribution in [2.24, 2.45) is 5.92 Å². The molecule has 2 aromatic rings. The second-order valence-corrected chi connectivity index (χ2v) is 10.6. The van der Waals surface area contributed by atoms with Crippen LogP contribution in [-0.4, -0.2) is 7.11 Å². The van der Waals surface area contributed by atoms with Crippen LogP contribution in [0.1, 0.15) is 76.6 Å². The number of hydrogen-bond donors (Lipinski definition) is 0. The molecule has 0 radical (unpaired) electrons. The number of ether oxygens (including phenoxy) is 1. The van der Waals surface area contributed by atoms with Crippen molar-refractivity contribution in [3.05, 3.63) is 58.2 Å². The molecule has 2 aromatic carbocycles. The molecule has 0 N–H and O–H groups in total.